The molecule has 3 rings (SSSR count). The standard InChI is InChI=1S/C15H19N3O2/c1-17-11-4-2-3-5-12(11)18(9-10-6-7-10)14(19)8-13(17)15(16)20/h2-5,10,13H,6-9H2,1H3,(H2,16,20). The average Bonchev–Trinajstić information content (AvgIpc) is 3.25. The van der Waals surface area contributed by atoms with E-state index in [0.717, 1.165) is 17.9 Å². The molecule has 1 fully saturated rings. The molecule has 20 heavy (non-hydrogen) atoms. The van der Waals surface area contributed by atoms with Crippen LogP contribution in [0.15, 0.2) is 24.3 Å². The number of hydrogen-bond acceptors (Lipinski definition) is 3. The Morgan fingerprint density at radius 2 is 1.95 bits per heavy atom. The SMILES string of the molecule is CN1c2ccccc2N(CC2CC2)C(=O)CC1C(N)=O. The summed E-state index contributed by atoms with van der Waals surface area (Å²) in [6, 6.07) is 7.13. The minimum atomic E-state index is -0.576. The van der Waals surface area contributed by atoms with E-state index in [9.17, 15) is 9.59 Å². The maximum Gasteiger partial charge on any atom is 0.240 e. The predicted molar refractivity (Wildman–Crippen MR) is 77.5 cm³/mol. The molecule has 5 nitrogen and oxygen atoms in total. The molecule has 1 saturated carbocycles. The van der Waals surface area contributed by atoms with Gasteiger partial charge < -0.3 is 15.5 Å². The highest BCUT2D eigenvalue weighted by Crippen LogP contribution is 2.37. The van der Waals surface area contributed by atoms with E-state index in [0.29, 0.717) is 5.92 Å². The number of benzene rings is 1. The van der Waals surface area contributed by atoms with Gasteiger partial charge in [-0.2, -0.15) is 0 Å². The number of para-hydroxylation sites is 2. The zero-order valence-electron chi connectivity index (χ0n) is 11.6. The fraction of sp³-hybridized carbons (Fsp3) is 0.467. The monoisotopic (exact) mass is 273 g/mol. The largest absolute Gasteiger partial charge is 0.368 e. The third-order valence-electron chi connectivity index (χ3n) is 4.16. The third-order valence-corrected chi connectivity index (χ3v) is 4.16. The van der Waals surface area contributed by atoms with Gasteiger partial charge in [-0.3, -0.25) is 9.59 Å². The van der Waals surface area contributed by atoms with E-state index in [4.69, 9.17) is 5.73 Å². The van der Waals surface area contributed by atoms with Crippen molar-refractivity contribution in [3.8, 4) is 0 Å². The van der Waals surface area contributed by atoms with Gasteiger partial charge in [0, 0.05) is 13.6 Å². The summed E-state index contributed by atoms with van der Waals surface area (Å²) in [5, 5.41) is 0. The van der Waals surface area contributed by atoms with E-state index in [1.54, 1.807) is 0 Å². The minimum absolute atomic E-state index is 0.0162. The highest BCUT2D eigenvalue weighted by atomic mass is 16.2. The summed E-state index contributed by atoms with van der Waals surface area (Å²) in [4.78, 5) is 27.8. The summed E-state index contributed by atoms with van der Waals surface area (Å²) in [6.07, 6.45) is 2.51. The molecule has 0 radical (unpaired) electrons. The lowest BCUT2D eigenvalue weighted by Gasteiger charge is -2.26. The summed E-state index contributed by atoms with van der Waals surface area (Å²) in [7, 11) is 1.82. The highest BCUT2D eigenvalue weighted by molar-refractivity contribution is 6.03. The quantitative estimate of drug-likeness (QED) is 0.897. The zero-order chi connectivity index (χ0) is 14.3. The van der Waals surface area contributed by atoms with Gasteiger partial charge in [0.25, 0.3) is 0 Å². The van der Waals surface area contributed by atoms with Crippen molar-refractivity contribution in [1.29, 1.82) is 0 Å². The van der Waals surface area contributed by atoms with E-state index >= 15 is 0 Å². The number of carbonyl (C=O) groups excluding carboxylic acids is 2. The Labute approximate surface area is 118 Å². The smallest absolute Gasteiger partial charge is 0.240 e. The molecule has 2 amide bonds. The minimum Gasteiger partial charge on any atom is -0.368 e. The van der Waals surface area contributed by atoms with Crippen molar-refractivity contribution in [2.75, 3.05) is 23.4 Å². The van der Waals surface area contributed by atoms with Crippen LogP contribution in [0.1, 0.15) is 19.3 Å². The number of nitrogens with two attached hydrogens (primary N) is 1. The number of nitrogens with zero attached hydrogens (tertiary/aromatic N) is 2. The van der Waals surface area contributed by atoms with E-state index in [1.165, 1.54) is 12.8 Å². The van der Waals surface area contributed by atoms with Crippen molar-refractivity contribution >= 4 is 23.2 Å². The lowest BCUT2D eigenvalue weighted by molar-refractivity contribution is -0.124. The van der Waals surface area contributed by atoms with Crippen LogP contribution in [0.2, 0.25) is 0 Å². The predicted octanol–water partition coefficient (Wildman–Crippen LogP) is 1.12. The third kappa shape index (κ3) is 2.24. The molecule has 1 aromatic carbocycles. The molecule has 0 saturated heterocycles. The summed E-state index contributed by atoms with van der Waals surface area (Å²) in [5.74, 6) is 0.129. The van der Waals surface area contributed by atoms with Gasteiger partial charge in [0.15, 0.2) is 0 Å². The topological polar surface area (TPSA) is 66.6 Å². The molecule has 0 spiro atoms. The van der Waals surface area contributed by atoms with Crippen LogP contribution < -0.4 is 15.5 Å². The Kier molecular flexibility index (Phi) is 3.12. The van der Waals surface area contributed by atoms with Crippen molar-refractivity contribution in [2.24, 2.45) is 11.7 Å². The zero-order valence-corrected chi connectivity index (χ0v) is 11.6. The first-order valence-corrected chi connectivity index (χ1v) is 6.99. The number of primary amides is 1. The fourth-order valence-electron chi connectivity index (χ4n) is 2.76. The molecular formula is C15H19N3O2. The molecule has 1 atom stereocenters. The number of amides is 2. The van der Waals surface area contributed by atoms with Crippen molar-refractivity contribution in [1.82, 2.24) is 0 Å². The van der Waals surface area contributed by atoms with Gasteiger partial charge in [-0.1, -0.05) is 12.1 Å². The molecule has 1 aromatic rings. The van der Waals surface area contributed by atoms with Crippen LogP contribution in [-0.2, 0) is 9.59 Å². The van der Waals surface area contributed by atoms with Crippen LogP contribution in [0.3, 0.4) is 0 Å². The molecule has 2 aliphatic rings. The molecule has 2 N–H and O–H groups in total. The second-order valence-corrected chi connectivity index (χ2v) is 5.67. The Balaban J connectivity index is 2.03. The van der Waals surface area contributed by atoms with E-state index < -0.39 is 11.9 Å². The normalized spacial score (nSPS) is 22.4. The van der Waals surface area contributed by atoms with Gasteiger partial charge in [-0.05, 0) is 30.9 Å². The molecule has 0 bridgehead atoms. The van der Waals surface area contributed by atoms with E-state index in [1.807, 2.05) is 41.1 Å². The molecule has 5 heteroatoms. The van der Waals surface area contributed by atoms with Crippen LogP contribution in [-0.4, -0.2) is 31.4 Å². The summed E-state index contributed by atoms with van der Waals surface area (Å²) in [5.41, 5.74) is 7.23. The Bertz CT molecular complexity index is 554. The molecule has 106 valence electrons. The molecular weight excluding hydrogens is 254 g/mol. The van der Waals surface area contributed by atoms with Crippen LogP contribution in [0.4, 0.5) is 11.4 Å². The first-order valence-electron chi connectivity index (χ1n) is 6.99. The first-order chi connectivity index (χ1) is 9.58. The van der Waals surface area contributed by atoms with Crippen LogP contribution in [0.25, 0.3) is 0 Å². The van der Waals surface area contributed by atoms with Crippen LogP contribution in [0, 0.1) is 5.92 Å². The number of likely N-dealkylation sites (N-methyl/N-ethyl adjacent to an activating group) is 1. The lowest BCUT2D eigenvalue weighted by Crippen LogP contribution is -2.44. The number of rotatable bonds is 3. The Morgan fingerprint density at radius 1 is 1.30 bits per heavy atom. The molecule has 1 unspecified atom stereocenters. The van der Waals surface area contributed by atoms with Crippen molar-refractivity contribution in [3.63, 3.8) is 0 Å². The molecule has 0 aromatic heterocycles. The Morgan fingerprint density at radius 3 is 2.55 bits per heavy atom. The maximum absolute atomic E-state index is 12.5. The van der Waals surface area contributed by atoms with Gasteiger partial charge in [0.2, 0.25) is 11.8 Å². The number of anilines is 2. The molecule has 1 aliphatic heterocycles. The Hall–Kier alpha value is -2.04. The molecule has 1 aliphatic carbocycles. The van der Waals surface area contributed by atoms with Crippen LogP contribution in [0.5, 0.6) is 0 Å². The summed E-state index contributed by atoms with van der Waals surface area (Å²) < 4.78 is 0. The lowest BCUT2D eigenvalue weighted by atomic mass is 10.1. The second-order valence-electron chi connectivity index (χ2n) is 5.67. The first kappa shape index (κ1) is 13.0. The second kappa shape index (κ2) is 4.81. The van der Waals surface area contributed by atoms with Gasteiger partial charge >= 0.3 is 0 Å². The van der Waals surface area contributed by atoms with Crippen molar-refractivity contribution in [3.05, 3.63) is 24.3 Å². The highest BCUT2D eigenvalue weighted by Gasteiger charge is 2.36. The van der Waals surface area contributed by atoms with E-state index in [-0.39, 0.29) is 12.3 Å². The van der Waals surface area contributed by atoms with Crippen molar-refractivity contribution in [2.45, 2.75) is 25.3 Å². The van der Waals surface area contributed by atoms with Gasteiger partial charge in [-0.15, -0.1) is 0 Å². The summed E-state index contributed by atoms with van der Waals surface area (Å²) in [6.45, 7) is 0.745. The molecule has 1 heterocycles. The van der Waals surface area contributed by atoms with Gasteiger partial charge in [0.05, 0.1) is 17.8 Å². The van der Waals surface area contributed by atoms with Crippen LogP contribution >= 0.6 is 0 Å². The maximum atomic E-state index is 12.5. The number of fused-ring (bicyclic) bond motifs is 1. The number of carbonyl (C=O) groups is 2. The number of hydrogen-bond donors (Lipinski definition) is 1. The van der Waals surface area contributed by atoms with Gasteiger partial charge in [0.1, 0.15) is 6.04 Å². The van der Waals surface area contributed by atoms with Gasteiger partial charge in [-0.25, -0.2) is 0 Å². The van der Waals surface area contributed by atoms with E-state index in [2.05, 4.69) is 0 Å². The summed E-state index contributed by atoms with van der Waals surface area (Å²) >= 11 is 0. The fourth-order valence-corrected chi connectivity index (χ4v) is 2.76. The van der Waals surface area contributed by atoms with Crippen molar-refractivity contribution < 1.29 is 9.59 Å². The average molecular weight is 273 g/mol.